The Labute approximate surface area is 242 Å². The van der Waals surface area contributed by atoms with E-state index in [0.717, 1.165) is 13.3 Å². The van der Waals surface area contributed by atoms with Crippen molar-refractivity contribution in [1.29, 1.82) is 0 Å². The van der Waals surface area contributed by atoms with Gasteiger partial charge in [0.25, 0.3) is 0 Å². The number of benzene rings is 1. The fraction of sp³-hybridized carbons (Fsp3) is 0.742. The molecule has 0 aliphatic heterocycles. The number of halogens is 3. The molecule has 0 spiro atoms. The van der Waals surface area contributed by atoms with Crippen molar-refractivity contribution >= 4 is 11.9 Å². The predicted octanol–water partition coefficient (Wildman–Crippen LogP) is 7.37. The van der Waals surface area contributed by atoms with Gasteiger partial charge < -0.3 is 24.4 Å². The van der Waals surface area contributed by atoms with E-state index in [4.69, 9.17) is 19.3 Å². The molecule has 2 rings (SSSR count). The fourth-order valence-electron chi connectivity index (χ4n) is 3.76. The molecule has 1 aromatic carbocycles. The summed E-state index contributed by atoms with van der Waals surface area (Å²) in [5.74, 6) is 0.195. The number of phenols is 1. The average molecular weight is 591 g/mol. The molecule has 2 N–H and O–H groups in total. The van der Waals surface area contributed by atoms with Crippen molar-refractivity contribution in [2.45, 2.75) is 124 Å². The third kappa shape index (κ3) is 11.1. The van der Waals surface area contributed by atoms with Gasteiger partial charge in [0.1, 0.15) is 17.6 Å². The Morgan fingerprint density at radius 1 is 0.829 bits per heavy atom. The van der Waals surface area contributed by atoms with Crippen LogP contribution in [-0.2, 0) is 19.1 Å². The van der Waals surface area contributed by atoms with Gasteiger partial charge in [0.15, 0.2) is 5.60 Å². The molecule has 0 amide bonds. The number of ether oxygens (including phenoxy) is 3. The van der Waals surface area contributed by atoms with Crippen LogP contribution in [-0.4, -0.2) is 52.2 Å². The molecule has 41 heavy (non-hydrogen) atoms. The highest BCUT2D eigenvalue weighted by molar-refractivity contribution is 5.78. The molecule has 1 aliphatic rings. The van der Waals surface area contributed by atoms with Crippen LogP contribution in [0, 0.1) is 16.7 Å². The van der Waals surface area contributed by atoms with Crippen LogP contribution in [0.2, 0.25) is 0 Å². The molecule has 1 fully saturated rings. The SMILES string of the molecule is CCC(C)(C)C(=O)OC1CCC(C(C)(C)OCC(C)(O)C(F)(F)F)CC1.CCC(C)(C)C(=O)Oc1ccc(O)cc1. The summed E-state index contributed by atoms with van der Waals surface area (Å²) in [6, 6.07) is 6.11. The van der Waals surface area contributed by atoms with Crippen LogP contribution in [0.15, 0.2) is 24.3 Å². The van der Waals surface area contributed by atoms with Crippen molar-refractivity contribution < 1.29 is 47.2 Å². The fourth-order valence-corrected chi connectivity index (χ4v) is 3.76. The minimum atomic E-state index is -4.74. The van der Waals surface area contributed by atoms with Crippen molar-refractivity contribution in [1.82, 2.24) is 0 Å². The van der Waals surface area contributed by atoms with E-state index in [1.54, 1.807) is 26.0 Å². The molecule has 7 nitrogen and oxygen atoms in total. The zero-order chi connectivity index (χ0) is 31.9. The number of alkyl halides is 3. The van der Waals surface area contributed by atoms with Gasteiger partial charge in [-0.1, -0.05) is 13.8 Å². The second-order valence-corrected chi connectivity index (χ2v) is 12.9. The first-order valence-electron chi connectivity index (χ1n) is 14.2. The molecule has 0 bridgehead atoms. The van der Waals surface area contributed by atoms with Gasteiger partial charge in [-0.25, -0.2) is 0 Å². The highest BCUT2D eigenvalue weighted by atomic mass is 19.4. The number of phenolic OH excluding ortho intramolecular Hbond substituents is 1. The van der Waals surface area contributed by atoms with Crippen molar-refractivity contribution in [2.75, 3.05) is 6.61 Å². The Kier molecular flexibility index (Phi) is 12.7. The predicted molar refractivity (Wildman–Crippen MR) is 150 cm³/mol. The minimum Gasteiger partial charge on any atom is -0.508 e. The number of hydrogen-bond acceptors (Lipinski definition) is 7. The largest absolute Gasteiger partial charge is 0.508 e. The summed E-state index contributed by atoms with van der Waals surface area (Å²) >= 11 is 0. The van der Waals surface area contributed by atoms with Crippen LogP contribution >= 0.6 is 0 Å². The van der Waals surface area contributed by atoms with Crippen molar-refractivity contribution in [2.24, 2.45) is 16.7 Å². The van der Waals surface area contributed by atoms with Crippen LogP contribution in [0.1, 0.15) is 101 Å². The highest BCUT2D eigenvalue weighted by Crippen LogP contribution is 2.39. The maximum atomic E-state index is 12.8. The third-order valence-electron chi connectivity index (χ3n) is 8.19. The molecule has 0 heterocycles. The Hall–Kier alpha value is -2.33. The van der Waals surface area contributed by atoms with E-state index in [9.17, 15) is 27.9 Å². The summed E-state index contributed by atoms with van der Waals surface area (Å²) in [7, 11) is 0. The summed E-state index contributed by atoms with van der Waals surface area (Å²) < 4.78 is 54.6. The van der Waals surface area contributed by atoms with Crippen LogP contribution in [0.3, 0.4) is 0 Å². The monoisotopic (exact) mass is 590 g/mol. The van der Waals surface area contributed by atoms with Gasteiger partial charge in [-0.15, -0.1) is 0 Å². The van der Waals surface area contributed by atoms with Gasteiger partial charge in [0.05, 0.1) is 23.0 Å². The summed E-state index contributed by atoms with van der Waals surface area (Å²) in [6.07, 6.45) is -0.737. The second-order valence-electron chi connectivity index (χ2n) is 12.9. The van der Waals surface area contributed by atoms with Crippen molar-refractivity contribution in [3.63, 3.8) is 0 Å². The molecule has 1 saturated carbocycles. The number of esters is 2. The topological polar surface area (TPSA) is 102 Å². The average Bonchev–Trinajstić information content (AvgIpc) is 2.89. The molecule has 0 saturated heterocycles. The van der Waals surface area contributed by atoms with E-state index in [1.165, 1.54) is 12.1 Å². The van der Waals surface area contributed by atoms with Crippen LogP contribution < -0.4 is 4.74 Å². The van der Waals surface area contributed by atoms with Gasteiger partial charge in [0.2, 0.25) is 0 Å². The first kappa shape index (κ1) is 36.7. The summed E-state index contributed by atoms with van der Waals surface area (Å²) in [5.41, 5.74) is -4.66. The lowest BCUT2D eigenvalue weighted by Gasteiger charge is -2.41. The maximum Gasteiger partial charge on any atom is 0.419 e. The number of aromatic hydroxyl groups is 1. The Bertz CT molecular complexity index is 974. The van der Waals surface area contributed by atoms with Gasteiger partial charge in [-0.3, -0.25) is 9.59 Å². The summed E-state index contributed by atoms with van der Waals surface area (Å²) in [5, 5.41) is 18.6. The van der Waals surface area contributed by atoms with Gasteiger partial charge in [0, 0.05) is 0 Å². The van der Waals surface area contributed by atoms with E-state index < -0.39 is 34.8 Å². The smallest absolute Gasteiger partial charge is 0.419 e. The van der Waals surface area contributed by atoms with E-state index in [0.29, 0.717) is 37.9 Å². The second kappa shape index (κ2) is 14.2. The standard InChI is InChI=1S/C19H33F3O4.C12H16O3/c1-7-16(2,3)15(23)26-14-10-8-13(9-11-14)17(4,5)25-12-18(6,24)19(20,21)22;1-4-12(2,3)11(14)15-10-7-5-9(13)6-8-10/h13-14,24H,7-12H2,1-6H3;5-8,13H,4H2,1-3H3. The third-order valence-corrected chi connectivity index (χ3v) is 8.19. The number of aliphatic hydroxyl groups is 1. The highest BCUT2D eigenvalue weighted by Gasteiger charge is 2.51. The van der Waals surface area contributed by atoms with E-state index in [2.05, 4.69) is 0 Å². The van der Waals surface area contributed by atoms with E-state index in [1.807, 2.05) is 41.5 Å². The van der Waals surface area contributed by atoms with Gasteiger partial charge in [-0.05, 0) is 117 Å². The molecular weight excluding hydrogens is 541 g/mol. The molecule has 10 heteroatoms. The van der Waals surface area contributed by atoms with E-state index >= 15 is 0 Å². The molecule has 0 aromatic heterocycles. The van der Waals surface area contributed by atoms with E-state index in [-0.39, 0.29) is 29.7 Å². The quantitative estimate of drug-likeness (QED) is 0.217. The zero-order valence-corrected chi connectivity index (χ0v) is 26.0. The molecular formula is C31H49F3O7. The summed E-state index contributed by atoms with van der Waals surface area (Å²) in [6.45, 7) is 14.7. The number of rotatable bonds is 10. The number of carbonyl (C=O) groups excluding carboxylic acids is 2. The molecule has 236 valence electrons. The lowest BCUT2D eigenvalue weighted by Crippen LogP contribution is -2.50. The molecule has 0 radical (unpaired) electrons. The first-order valence-corrected chi connectivity index (χ1v) is 14.2. The number of carbonyl (C=O) groups is 2. The minimum absolute atomic E-state index is 0.0423. The van der Waals surface area contributed by atoms with Crippen molar-refractivity contribution in [3.8, 4) is 11.5 Å². The Morgan fingerprint density at radius 2 is 1.29 bits per heavy atom. The lowest BCUT2D eigenvalue weighted by molar-refractivity contribution is -0.278. The van der Waals surface area contributed by atoms with Crippen LogP contribution in [0.25, 0.3) is 0 Å². The van der Waals surface area contributed by atoms with Gasteiger partial charge in [-0.2, -0.15) is 13.2 Å². The molecule has 1 unspecified atom stereocenters. The number of hydrogen-bond donors (Lipinski definition) is 2. The lowest BCUT2D eigenvalue weighted by atomic mass is 9.77. The molecule has 1 aromatic rings. The maximum absolute atomic E-state index is 12.8. The normalized spacial score (nSPS) is 19.8. The van der Waals surface area contributed by atoms with Crippen LogP contribution in [0.4, 0.5) is 13.2 Å². The first-order chi connectivity index (χ1) is 18.6. The zero-order valence-electron chi connectivity index (χ0n) is 26.0. The Morgan fingerprint density at radius 3 is 1.73 bits per heavy atom. The van der Waals surface area contributed by atoms with Crippen LogP contribution in [0.5, 0.6) is 11.5 Å². The Balaban J connectivity index is 0.000000474. The molecule has 1 atom stereocenters. The molecule has 1 aliphatic carbocycles. The van der Waals surface area contributed by atoms with Crippen molar-refractivity contribution in [3.05, 3.63) is 24.3 Å². The van der Waals surface area contributed by atoms with Gasteiger partial charge >= 0.3 is 18.1 Å². The summed E-state index contributed by atoms with van der Waals surface area (Å²) in [4.78, 5) is 23.8.